The highest BCUT2D eigenvalue weighted by molar-refractivity contribution is 5.83. The van der Waals surface area contributed by atoms with Gasteiger partial charge in [-0.15, -0.1) is 0 Å². The van der Waals surface area contributed by atoms with Gasteiger partial charge in [-0.1, -0.05) is 12.1 Å². The molecule has 1 N–H and O–H groups in total. The van der Waals surface area contributed by atoms with Crippen molar-refractivity contribution in [3.05, 3.63) is 35.6 Å². The summed E-state index contributed by atoms with van der Waals surface area (Å²) in [6.07, 6.45) is 2.18. The first kappa shape index (κ1) is 12.5. The lowest BCUT2D eigenvalue weighted by Gasteiger charge is -2.35. The van der Waals surface area contributed by atoms with Crippen molar-refractivity contribution in [2.24, 2.45) is 0 Å². The van der Waals surface area contributed by atoms with E-state index in [-0.39, 0.29) is 6.04 Å². The second kappa shape index (κ2) is 4.40. The number of aliphatic carboxylic acids is 1. The number of carboxylic acids is 1. The van der Waals surface area contributed by atoms with E-state index in [1.165, 1.54) is 36.1 Å². The fourth-order valence-electron chi connectivity index (χ4n) is 2.07. The Balaban J connectivity index is 2.45. The van der Waals surface area contributed by atoms with Crippen molar-refractivity contribution < 1.29 is 19.1 Å². The molecule has 1 saturated carbocycles. The number of rotatable bonds is 5. The van der Waals surface area contributed by atoms with E-state index in [2.05, 4.69) is 0 Å². The summed E-state index contributed by atoms with van der Waals surface area (Å²) in [5.74, 6) is -1.55. The van der Waals surface area contributed by atoms with Crippen LogP contribution >= 0.6 is 0 Å². The third kappa shape index (κ3) is 1.96. The number of nitrogens with zero attached hydrogens (tertiary/aromatic N) is 1. The molecular weight excluding hydrogens is 237 g/mol. The molecule has 1 aromatic carbocycles. The van der Waals surface area contributed by atoms with E-state index in [1.54, 1.807) is 0 Å². The van der Waals surface area contributed by atoms with Gasteiger partial charge in [0.25, 0.3) is 0 Å². The van der Waals surface area contributed by atoms with Gasteiger partial charge >= 0.3 is 5.97 Å². The Morgan fingerprint density at radius 3 is 2.39 bits per heavy atom. The van der Waals surface area contributed by atoms with Crippen molar-refractivity contribution in [2.75, 3.05) is 0 Å². The van der Waals surface area contributed by atoms with Crippen molar-refractivity contribution >= 4 is 12.4 Å². The van der Waals surface area contributed by atoms with E-state index in [4.69, 9.17) is 0 Å². The van der Waals surface area contributed by atoms with Gasteiger partial charge in [0.2, 0.25) is 6.41 Å². The monoisotopic (exact) mass is 251 g/mol. The molecule has 5 heteroatoms. The van der Waals surface area contributed by atoms with Crippen LogP contribution < -0.4 is 0 Å². The van der Waals surface area contributed by atoms with Gasteiger partial charge in [-0.25, -0.2) is 9.18 Å². The summed E-state index contributed by atoms with van der Waals surface area (Å²) in [4.78, 5) is 24.0. The summed E-state index contributed by atoms with van der Waals surface area (Å²) in [6, 6.07) is 5.18. The van der Waals surface area contributed by atoms with Crippen LogP contribution in [0.15, 0.2) is 24.3 Å². The topological polar surface area (TPSA) is 57.6 Å². The molecule has 1 aliphatic rings. The quantitative estimate of drug-likeness (QED) is 0.811. The second-order valence-corrected chi connectivity index (χ2v) is 4.63. The van der Waals surface area contributed by atoms with Gasteiger partial charge in [-0.3, -0.25) is 4.79 Å². The third-order valence-corrected chi connectivity index (χ3v) is 3.39. The number of carboxylic acid groups (broad SMARTS) is 1. The molecule has 96 valence electrons. The standard InChI is InChI=1S/C13H14FNO3/c1-13(12(17)18,15(8-16)11-6-7-11)9-2-4-10(14)5-3-9/h2-5,8,11H,6-7H2,1H3,(H,17,18). The molecule has 1 amide bonds. The van der Waals surface area contributed by atoms with Gasteiger partial charge in [0, 0.05) is 6.04 Å². The van der Waals surface area contributed by atoms with Crippen LogP contribution in [-0.2, 0) is 15.1 Å². The molecule has 1 unspecified atom stereocenters. The van der Waals surface area contributed by atoms with Crippen LogP contribution in [0.5, 0.6) is 0 Å². The molecule has 2 rings (SSSR count). The van der Waals surface area contributed by atoms with Gasteiger partial charge in [-0.05, 0) is 37.5 Å². The highest BCUT2D eigenvalue weighted by Crippen LogP contribution is 2.37. The summed E-state index contributed by atoms with van der Waals surface area (Å²) in [5, 5.41) is 9.44. The lowest BCUT2D eigenvalue weighted by atomic mass is 9.90. The van der Waals surface area contributed by atoms with Gasteiger partial charge < -0.3 is 10.0 Å². The predicted octanol–water partition coefficient (Wildman–Crippen LogP) is 1.75. The van der Waals surface area contributed by atoms with Crippen LogP contribution in [0.3, 0.4) is 0 Å². The van der Waals surface area contributed by atoms with Crippen LogP contribution in [0.4, 0.5) is 4.39 Å². The first-order valence-corrected chi connectivity index (χ1v) is 5.73. The number of carbonyl (C=O) groups excluding carboxylic acids is 1. The normalized spacial score (nSPS) is 17.9. The minimum Gasteiger partial charge on any atom is -0.479 e. The second-order valence-electron chi connectivity index (χ2n) is 4.63. The van der Waals surface area contributed by atoms with Crippen molar-refractivity contribution in [3.63, 3.8) is 0 Å². The van der Waals surface area contributed by atoms with Gasteiger partial charge in [0.15, 0.2) is 5.54 Å². The summed E-state index contributed by atoms with van der Waals surface area (Å²) >= 11 is 0. The summed E-state index contributed by atoms with van der Waals surface area (Å²) in [6.45, 7) is 1.47. The lowest BCUT2D eigenvalue weighted by Crippen LogP contribution is -2.50. The fraction of sp³-hybridized carbons (Fsp3) is 0.385. The average molecular weight is 251 g/mol. The Bertz CT molecular complexity index is 470. The summed E-state index contributed by atoms with van der Waals surface area (Å²) in [5.41, 5.74) is -1.05. The molecule has 0 aromatic heterocycles. The zero-order chi connectivity index (χ0) is 13.3. The van der Waals surface area contributed by atoms with Gasteiger partial charge in [0.05, 0.1) is 0 Å². The van der Waals surface area contributed by atoms with Crippen LogP contribution in [0, 0.1) is 5.82 Å². The Morgan fingerprint density at radius 1 is 1.44 bits per heavy atom. The number of hydrogen-bond acceptors (Lipinski definition) is 2. The fourth-order valence-corrected chi connectivity index (χ4v) is 2.07. The molecule has 18 heavy (non-hydrogen) atoms. The van der Waals surface area contributed by atoms with E-state index in [0.717, 1.165) is 12.8 Å². The molecule has 0 spiro atoms. The Morgan fingerprint density at radius 2 is 2.00 bits per heavy atom. The molecule has 0 heterocycles. The maximum Gasteiger partial charge on any atom is 0.334 e. The van der Waals surface area contributed by atoms with E-state index >= 15 is 0 Å². The van der Waals surface area contributed by atoms with Crippen molar-refractivity contribution in [2.45, 2.75) is 31.3 Å². The van der Waals surface area contributed by atoms with Crippen LogP contribution in [0.25, 0.3) is 0 Å². The highest BCUT2D eigenvalue weighted by Gasteiger charge is 2.47. The molecule has 0 aliphatic heterocycles. The first-order chi connectivity index (χ1) is 8.50. The van der Waals surface area contributed by atoms with Gasteiger partial charge in [0.1, 0.15) is 5.82 Å². The maximum absolute atomic E-state index is 12.9. The summed E-state index contributed by atoms with van der Waals surface area (Å²) in [7, 11) is 0. The van der Waals surface area contributed by atoms with E-state index in [0.29, 0.717) is 12.0 Å². The molecular formula is C13H14FNO3. The van der Waals surface area contributed by atoms with Crippen molar-refractivity contribution in [1.29, 1.82) is 0 Å². The van der Waals surface area contributed by atoms with E-state index in [9.17, 15) is 19.1 Å². The first-order valence-electron chi connectivity index (χ1n) is 5.73. The predicted molar refractivity (Wildman–Crippen MR) is 62.3 cm³/mol. The molecule has 0 saturated heterocycles. The Hall–Kier alpha value is -1.91. The number of hydrogen-bond donors (Lipinski definition) is 1. The zero-order valence-corrected chi connectivity index (χ0v) is 9.97. The lowest BCUT2D eigenvalue weighted by molar-refractivity contribution is -0.155. The highest BCUT2D eigenvalue weighted by atomic mass is 19.1. The maximum atomic E-state index is 12.9. The van der Waals surface area contributed by atoms with Gasteiger partial charge in [-0.2, -0.15) is 0 Å². The minimum absolute atomic E-state index is 0.0337. The smallest absolute Gasteiger partial charge is 0.334 e. The van der Waals surface area contributed by atoms with E-state index in [1.807, 2.05) is 0 Å². The van der Waals surface area contributed by atoms with Crippen LogP contribution in [-0.4, -0.2) is 28.4 Å². The molecule has 1 aliphatic carbocycles. The Labute approximate surface area is 104 Å². The molecule has 0 radical (unpaired) electrons. The number of benzene rings is 1. The molecule has 1 fully saturated rings. The van der Waals surface area contributed by atoms with Crippen LogP contribution in [0.2, 0.25) is 0 Å². The average Bonchev–Trinajstić information content (AvgIpc) is 3.14. The molecule has 1 atom stereocenters. The number of amides is 1. The van der Waals surface area contributed by atoms with Crippen molar-refractivity contribution in [3.8, 4) is 0 Å². The molecule has 0 bridgehead atoms. The largest absolute Gasteiger partial charge is 0.479 e. The molecule has 1 aromatic rings. The number of halogens is 1. The van der Waals surface area contributed by atoms with E-state index < -0.39 is 17.3 Å². The zero-order valence-electron chi connectivity index (χ0n) is 9.97. The summed E-state index contributed by atoms with van der Waals surface area (Å²) < 4.78 is 12.9. The molecule has 4 nitrogen and oxygen atoms in total. The van der Waals surface area contributed by atoms with Crippen LogP contribution in [0.1, 0.15) is 25.3 Å². The van der Waals surface area contributed by atoms with Crippen molar-refractivity contribution in [1.82, 2.24) is 4.90 Å². The SMILES string of the molecule is CC(C(=O)O)(c1ccc(F)cc1)N(C=O)C1CC1. The third-order valence-electron chi connectivity index (χ3n) is 3.39. The minimum atomic E-state index is -1.45. The number of carbonyl (C=O) groups is 2. The Kier molecular flexibility index (Phi) is 3.07.